The van der Waals surface area contributed by atoms with Gasteiger partial charge in [0.1, 0.15) is 5.58 Å². The minimum Gasteiger partial charge on any atom is -0.475 e. The first-order chi connectivity index (χ1) is 7.70. The van der Waals surface area contributed by atoms with E-state index in [4.69, 9.17) is 14.4 Å². The molecule has 1 heterocycles. The van der Waals surface area contributed by atoms with Crippen LogP contribution in [0.25, 0.3) is 11.0 Å². The number of furan rings is 1. The predicted octanol–water partition coefficient (Wildman–Crippen LogP) is 1.78. The molecule has 0 fully saturated rings. The van der Waals surface area contributed by atoms with Gasteiger partial charge in [0.2, 0.25) is 5.76 Å². The Hall–Kier alpha value is -1.85. The minimum absolute atomic E-state index is 0.0492. The topological polar surface area (TPSA) is 71.7 Å². The Bertz CT molecular complexity index is 518. The molecule has 2 rings (SSSR count). The van der Waals surface area contributed by atoms with Crippen molar-refractivity contribution >= 4 is 16.9 Å². The molecule has 0 saturated heterocycles. The molecule has 0 atom stereocenters. The maximum atomic E-state index is 10.7. The van der Waals surface area contributed by atoms with Crippen molar-refractivity contribution in [3.63, 3.8) is 0 Å². The summed E-state index contributed by atoms with van der Waals surface area (Å²) < 4.78 is 5.14. The normalized spacial score (nSPS) is 10.8. The molecule has 0 aliphatic heterocycles. The summed E-state index contributed by atoms with van der Waals surface area (Å²) in [5.74, 6) is -1.11. The van der Waals surface area contributed by atoms with Gasteiger partial charge in [0.25, 0.3) is 0 Å². The zero-order valence-corrected chi connectivity index (χ0v) is 8.69. The van der Waals surface area contributed by atoms with Gasteiger partial charge in [0.15, 0.2) is 0 Å². The molecule has 0 spiro atoms. The van der Waals surface area contributed by atoms with Crippen LogP contribution in [0.1, 0.15) is 16.1 Å². The third-order valence-electron chi connectivity index (χ3n) is 2.21. The van der Waals surface area contributed by atoms with Crippen molar-refractivity contribution in [2.45, 2.75) is 6.54 Å². The Balaban J connectivity index is 2.34. The van der Waals surface area contributed by atoms with Crippen LogP contribution >= 0.6 is 0 Å². The molecule has 5 heteroatoms. The molecule has 84 valence electrons. The molecule has 0 aliphatic carbocycles. The SMILES string of the molecule is CONCc1ccc2oc(C(=O)O)cc2c1. The zero-order valence-electron chi connectivity index (χ0n) is 8.69. The average Bonchev–Trinajstić information content (AvgIpc) is 2.69. The second kappa shape index (κ2) is 4.34. The first-order valence-electron chi connectivity index (χ1n) is 4.72. The Morgan fingerprint density at radius 3 is 3.00 bits per heavy atom. The van der Waals surface area contributed by atoms with Crippen LogP contribution in [0, 0.1) is 0 Å². The molecule has 0 bridgehead atoms. The molecule has 2 aromatic rings. The fraction of sp³-hybridized carbons (Fsp3) is 0.182. The number of carboxylic acid groups (broad SMARTS) is 1. The van der Waals surface area contributed by atoms with Crippen LogP contribution in [0.3, 0.4) is 0 Å². The highest BCUT2D eigenvalue weighted by Gasteiger charge is 2.10. The van der Waals surface area contributed by atoms with Crippen molar-refractivity contribution in [1.82, 2.24) is 5.48 Å². The minimum atomic E-state index is -1.06. The van der Waals surface area contributed by atoms with Gasteiger partial charge in [-0.2, -0.15) is 5.48 Å². The Kier molecular flexibility index (Phi) is 2.89. The summed E-state index contributed by atoms with van der Waals surface area (Å²) in [4.78, 5) is 15.4. The third kappa shape index (κ3) is 2.05. The summed E-state index contributed by atoms with van der Waals surface area (Å²) >= 11 is 0. The molecule has 0 amide bonds. The van der Waals surface area contributed by atoms with Gasteiger partial charge in [0, 0.05) is 11.9 Å². The van der Waals surface area contributed by atoms with Crippen LogP contribution in [0.2, 0.25) is 0 Å². The number of rotatable bonds is 4. The summed E-state index contributed by atoms with van der Waals surface area (Å²) in [7, 11) is 1.54. The molecule has 0 unspecified atom stereocenters. The number of carboxylic acids is 1. The number of hydrogen-bond acceptors (Lipinski definition) is 4. The summed E-state index contributed by atoms with van der Waals surface area (Å²) in [5, 5.41) is 9.54. The van der Waals surface area contributed by atoms with Gasteiger partial charge >= 0.3 is 5.97 Å². The molecular weight excluding hydrogens is 210 g/mol. The summed E-state index contributed by atoms with van der Waals surface area (Å²) in [6.07, 6.45) is 0. The van der Waals surface area contributed by atoms with E-state index in [1.165, 1.54) is 6.07 Å². The van der Waals surface area contributed by atoms with Gasteiger partial charge in [-0.3, -0.25) is 0 Å². The van der Waals surface area contributed by atoms with Crippen LogP contribution < -0.4 is 5.48 Å². The van der Waals surface area contributed by atoms with Crippen molar-refractivity contribution in [3.8, 4) is 0 Å². The van der Waals surface area contributed by atoms with Crippen LogP contribution in [0.5, 0.6) is 0 Å². The quantitative estimate of drug-likeness (QED) is 0.770. The number of hydroxylamine groups is 1. The van der Waals surface area contributed by atoms with E-state index in [0.29, 0.717) is 12.1 Å². The maximum Gasteiger partial charge on any atom is 0.371 e. The van der Waals surface area contributed by atoms with Gasteiger partial charge in [0.05, 0.1) is 7.11 Å². The third-order valence-corrected chi connectivity index (χ3v) is 2.21. The molecule has 5 nitrogen and oxygen atoms in total. The molecule has 16 heavy (non-hydrogen) atoms. The molecular formula is C11H11NO4. The summed E-state index contributed by atoms with van der Waals surface area (Å²) in [6, 6.07) is 6.96. The number of nitrogens with one attached hydrogen (secondary N) is 1. The smallest absolute Gasteiger partial charge is 0.371 e. The van der Waals surface area contributed by atoms with Crippen molar-refractivity contribution in [2.75, 3.05) is 7.11 Å². The zero-order chi connectivity index (χ0) is 11.5. The van der Waals surface area contributed by atoms with E-state index in [1.54, 1.807) is 13.2 Å². The highest BCUT2D eigenvalue weighted by molar-refractivity contribution is 5.91. The van der Waals surface area contributed by atoms with Crippen LogP contribution in [-0.2, 0) is 11.4 Å². The Labute approximate surface area is 91.6 Å². The van der Waals surface area contributed by atoms with Crippen molar-refractivity contribution in [2.24, 2.45) is 0 Å². The highest BCUT2D eigenvalue weighted by Crippen LogP contribution is 2.20. The van der Waals surface area contributed by atoms with E-state index in [-0.39, 0.29) is 5.76 Å². The summed E-state index contributed by atoms with van der Waals surface area (Å²) in [5.41, 5.74) is 4.27. The molecule has 0 radical (unpaired) electrons. The Morgan fingerprint density at radius 2 is 2.31 bits per heavy atom. The van der Waals surface area contributed by atoms with E-state index in [0.717, 1.165) is 10.9 Å². The van der Waals surface area contributed by atoms with Gasteiger partial charge < -0.3 is 14.4 Å². The number of hydrogen-bond donors (Lipinski definition) is 2. The monoisotopic (exact) mass is 221 g/mol. The lowest BCUT2D eigenvalue weighted by Gasteiger charge is -2.00. The van der Waals surface area contributed by atoms with Gasteiger partial charge in [-0.25, -0.2) is 4.79 Å². The van der Waals surface area contributed by atoms with Crippen LogP contribution in [-0.4, -0.2) is 18.2 Å². The molecule has 1 aromatic carbocycles. The lowest BCUT2D eigenvalue weighted by Crippen LogP contribution is -2.10. The van der Waals surface area contributed by atoms with Gasteiger partial charge in [-0.05, 0) is 23.8 Å². The molecule has 0 aliphatic rings. The number of benzene rings is 1. The average molecular weight is 221 g/mol. The molecule has 0 saturated carbocycles. The van der Waals surface area contributed by atoms with Gasteiger partial charge in [-0.1, -0.05) is 6.07 Å². The predicted molar refractivity (Wildman–Crippen MR) is 57.0 cm³/mol. The second-order valence-electron chi connectivity index (χ2n) is 3.31. The lowest BCUT2D eigenvalue weighted by atomic mass is 10.1. The van der Waals surface area contributed by atoms with E-state index < -0.39 is 5.97 Å². The lowest BCUT2D eigenvalue weighted by molar-refractivity contribution is 0.0665. The second-order valence-corrected chi connectivity index (χ2v) is 3.31. The van der Waals surface area contributed by atoms with E-state index >= 15 is 0 Å². The molecule has 1 aromatic heterocycles. The number of carbonyl (C=O) groups is 1. The van der Waals surface area contributed by atoms with E-state index in [9.17, 15) is 4.79 Å². The standard InChI is InChI=1S/C11H11NO4/c1-15-12-6-7-2-3-9-8(4-7)5-10(16-9)11(13)14/h2-5,12H,6H2,1H3,(H,13,14). The van der Waals surface area contributed by atoms with Crippen LogP contribution in [0.4, 0.5) is 0 Å². The van der Waals surface area contributed by atoms with Crippen molar-refractivity contribution < 1.29 is 19.2 Å². The first kappa shape index (κ1) is 10.7. The fourth-order valence-electron chi connectivity index (χ4n) is 1.46. The number of aromatic carboxylic acids is 1. The van der Waals surface area contributed by atoms with Crippen molar-refractivity contribution in [1.29, 1.82) is 0 Å². The van der Waals surface area contributed by atoms with Crippen molar-refractivity contribution in [3.05, 3.63) is 35.6 Å². The number of fused-ring (bicyclic) bond motifs is 1. The Morgan fingerprint density at radius 1 is 1.50 bits per heavy atom. The first-order valence-corrected chi connectivity index (χ1v) is 4.72. The van der Waals surface area contributed by atoms with Gasteiger partial charge in [-0.15, -0.1) is 0 Å². The largest absolute Gasteiger partial charge is 0.475 e. The summed E-state index contributed by atoms with van der Waals surface area (Å²) in [6.45, 7) is 0.556. The van der Waals surface area contributed by atoms with Crippen LogP contribution in [0.15, 0.2) is 28.7 Å². The highest BCUT2D eigenvalue weighted by atomic mass is 16.6. The van der Waals surface area contributed by atoms with E-state index in [1.807, 2.05) is 12.1 Å². The maximum absolute atomic E-state index is 10.7. The van der Waals surface area contributed by atoms with E-state index in [2.05, 4.69) is 5.48 Å². The fourth-order valence-corrected chi connectivity index (χ4v) is 1.46. The molecule has 2 N–H and O–H groups in total.